The molecular formula is C16H15FN2O4S. The van der Waals surface area contributed by atoms with Crippen molar-refractivity contribution < 1.29 is 22.3 Å². The van der Waals surface area contributed by atoms with E-state index >= 15 is 0 Å². The van der Waals surface area contributed by atoms with Crippen molar-refractivity contribution in [2.45, 2.75) is 11.8 Å². The van der Waals surface area contributed by atoms with Crippen molar-refractivity contribution in [3.8, 4) is 5.75 Å². The largest absolute Gasteiger partial charge is 0.482 e. The molecule has 1 aliphatic rings. The van der Waals surface area contributed by atoms with Crippen LogP contribution in [-0.2, 0) is 14.8 Å². The molecule has 0 atom stereocenters. The Hall–Kier alpha value is -2.61. The first-order valence-electron chi connectivity index (χ1n) is 7.11. The Morgan fingerprint density at radius 2 is 2.00 bits per heavy atom. The van der Waals surface area contributed by atoms with E-state index in [1.807, 2.05) is 0 Å². The van der Waals surface area contributed by atoms with Crippen molar-refractivity contribution in [2.24, 2.45) is 0 Å². The maximum absolute atomic E-state index is 13.6. The molecule has 1 heterocycles. The normalized spacial score (nSPS) is 14.1. The number of hydrogen-bond acceptors (Lipinski definition) is 4. The molecule has 24 heavy (non-hydrogen) atoms. The fourth-order valence-electron chi connectivity index (χ4n) is 2.34. The van der Waals surface area contributed by atoms with Crippen molar-refractivity contribution >= 4 is 27.3 Å². The third-order valence-electron chi connectivity index (χ3n) is 3.84. The van der Waals surface area contributed by atoms with Gasteiger partial charge in [-0.3, -0.25) is 9.52 Å². The lowest BCUT2D eigenvalue weighted by molar-refractivity contribution is -0.120. The zero-order valence-corrected chi connectivity index (χ0v) is 13.9. The lowest BCUT2D eigenvalue weighted by atomic mass is 10.2. The number of nitrogens with one attached hydrogen (secondary N) is 1. The van der Waals surface area contributed by atoms with Gasteiger partial charge in [-0.1, -0.05) is 6.07 Å². The molecule has 0 saturated heterocycles. The first-order chi connectivity index (χ1) is 11.3. The van der Waals surface area contributed by atoms with Crippen LogP contribution in [0.1, 0.15) is 5.56 Å². The minimum atomic E-state index is -3.94. The van der Waals surface area contributed by atoms with Crippen LogP contribution in [0.2, 0.25) is 0 Å². The fourth-order valence-corrected chi connectivity index (χ4v) is 3.48. The van der Waals surface area contributed by atoms with E-state index in [9.17, 15) is 17.6 Å². The molecule has 0 unspecified atom stereocenters. The summed E-state index contributed by atoms with van der Waals surface area (Å²) < 4.78 is 46.3. The van der Waals surface area contributed by atoms with Gasteiger partial charge in [0, 0.05) is 12.6 Å². The third-order valence-corrected chi connectivity index (χ3v) is 5.20. The van der Waals surface area contributed by atoms with Crippen molar-refractivity contribution in [1.82, 2.24) is 0 Å². The Balaban J connectivity index is 1.99. The summed E-state index contributed by atoms with van der Waals surface area (Å²) in [6.45, 7) is 1.40. The maximum Gasteiger partial charge on any atom is 0.264 e. The van der Waals surface area contributed by atoms with E-state index in [0.29, 0.717) is 11.4 Å². The number of halogens is 1. The summed E-state index contributed by atoms with van der Waals surface area (Å²) in [5, 5.41) is 0. The second-order valence-corrected chi connectivity index (χ2v) is 7.07. The smallest absolute Gasteiger partial charge is 0.264 e. The summed E-state index contributed by atoms with van der Waals surface area (Å²) in [7, 11) is -2.39. The number of sulfonamides is 1. The Morgan fingerprint density at radius 3 is 2.75 bits per heavy atom. The molecule has 1 aliphatic heterocycles. The molecule has 8 heteroatoms. The predicted octanol–water partition coefficient (Wildman–Crippen LogP) is 2.29. The van der Waals surface area contributed by atoms with E-state index < -0.39 is 15.8 Å². The summed E-state index contributed by atoms with van der Waals surface area (Å²) >= 11 is 0. The number of fused-ring (bicyclic) bond motifs is 1. The van der Waals surface area contributed by atoms with Crippen LogP contribution in [0.25, 0.3) is 0 Å². The molecule has 0 bridgehead atoms. The Morgan fingerprint density at radius 1 is 1.25 bits per heavy atom. The number of anilines is 2. The Labute approximate surface area is 138 Å². The van der Waals surface area contributed by atoms with Gasteiger partial charge in [0.15, 0.2) is 6.61 Å². The summed E-state index contributed by atoms with van der Waals surface area (Å²) in [6, 6.07) is 8.37. The number of likely N-dealkylation sites (N-methyl/N-ethyl adjacent to an activating group) is 1. The molecular weight excluding hydrogens is 335 g/mol. The zero-order chi connectivity index (χ0) is 17.5. The van der Waals surface area contributed by atoms with Crippen molar-refractivity contribution in [1.29, 1.82) is 0 Å². The molecule has 2 aromatic rings. The molecule has 0 fully saturated rings. The van der Waals surface area contributed by atoms with Gasteiger partial charge in [-0.2, -0.15) is 0 Å². The van der Waals surface area contributed by atoms with Gasteiger partial charge in [0.25, 0.3) is 15.9 Å². The summed E-state index contributed by atoms with van der Waals surface area (Å²) in [5.41, 5.74) is 0.730. The van der Waals surface area contributed by atoms with E-state index in [2.05, 4.69) is 4.72 Å². The first-order valence-corrected chi connectivity index (χ1v) is 8.59. The van der Waals surface area contributed by atoms with Crippen LogP contribution in [0.4, 0.5) is 15.8 Å². The van der Waals surface area contributed by atoms with Crippen LogP contribution in [0.5, 0.6) is 5.75 Å². The monoisotopic (exact) mass is 350 g/mol. The highest BCUT2D eigenvalue weighted by atomic mass is 32.2. The van der Waals surface area contributed by atoms with Gasteiger partial charge in [0.2, 0.25) is 0 Å². The molecule has 2 aromatic carbocycles. The maximum atomic E-state index is 13.6. The van der Waals surface area contributed by atoms with E-state index in [-0.39, 0.29) is 28.7 Å². The van der Waals surface area contributed by atoms with Crippen LogP contribution >= 0.6 is 0 Å². The lowest BCUT2D eigenvalue weighted by Gasteiger charge is -2.26. The number of carbonyl (C=O) groups is 1. The first kappa shape index (κ1) is 16.3. The highest BCUT2D eigenvalue weighted by molar-refractivity contribution is 7.92. The molecule has 0 aliphatic carbocycles. The van der Waals surface area contributed by atoms with Gasteiger partial charge >= 0.3 is 0 Å². The second-order valence-electron chi connectivity index (χ2n) is 5.39. The molecule has 1 amide bonds. The third kappa shape index (κ3) is 2.80. The zero-order valence-electron chi connectivity index (χ0n) is 13.0. The minimum absolute atomic E-state index is 0.0462. The van der Waals surface area contributed by atoms with Crippen LogP contribution in [0.3, 0.4) is 0 Å². The number of hydrogen-bond donors (Lipinski definition) is 1. The SMILES string of the molecule is Cc1c(F)cccc1NS(=O)(=O)c1ccc2c(c1)N(C)C(=O)CO2. The molecule has 6 nitrogen and oxygen atoms in total. The number of carbonyl (C=O) groups excluding carboxylic acids is 1. The minimum Gasteiger partial charge on any atom is -0.482 e. The summed E-state index contributed by atoms with van der Waals surface area (Å²) in [4.78, 5) is 13.0. The number of nitrogens with zero attached hydrogens (tertiary/aromatic N) is 1. The van der Waals surface area contributed by atoms with Crippen LogP contribution in [0, 0.1) is 12.7 Å². The molecule has 3 rings (SSSR count). The number of ether oxygens (including phenoxy) is 1. The molecule has 0 aromatic heterocycles. The van der Waals surface area contributed by atoms with Crippen LogP contribution < -0.4 is 14.4 Å². The predicted molar refractivity (Wildman–Crippen MR) is 87.3 cm³/mol. The van der Waals surface area contributed by atoms with E-state index in [4.69, 9.17) is 4.74 Å². The summed E-state index contributed by atoms with van der Waals surface area (Å²) in [5.74, 6) is -0.344. The van der Waals surface area contributed by atoms with E-state index in [0.717, 1.165) is 0 Å². The topological polar surface area (TPSA) is 75.7 Å². The van der Waals surface area contributed by atoms with Gasteiger partial charge in [0.05, 0.1) is 16.3 Å². The molecule has 0 saturated carbocycles. The molecule has 0 radical (unpaired) electrons. The Bertz CT molecular complexity index is 928. The standard InChI is InChI=1S/C16H15FN2O4S/c1-10-12(17)4-3-5-13(10)18-24(21,22)11-6-7-15-14(8-11)19(2)16(20)9-23-15/h3-8,18H,9H2,1-2H3. The van der Waals surface area contributed by atoms with Crippen LogP contribution in [-0.4, -0.2) is 28.0 Å². The van der Waals surface area contributed by atoms with Gasteiger partial charge < -0.3 is 9.64 Å². The molecule has 1 N–H and O–H groups in total. The highest BCUT2D eigenvalue weighted by Crippen LogP contribution is 2.34. The second kappa shape index (κ2) is 5.79. The van der Waals surface area contributed by atoms with Crippen LogP contribution in [0.15, 0.2) is 41.3 Å². The fraction of sp³-hybridized carbons (Fsp3) is 0.188. The lowest BCUT2D eigenvalue weighted by Crippen LogP contribution is -2.35. The number of benzene rings is 2. The summed E-state index contributed by atoms with van der Waals surface area (Å²) in [6.07, 6.45) is 0. The average molecular weight is 350 g/mol. The molecule has 0 spiro atoms. The molecule has 126 valence electrons. The van der Waals surface area contributed by atoms with E-state index in [1.165, 1.54) is 48.2 Å². The quantitative estimate of drug-likeness (QED) is 0.922. The van der Waals surface area contributed by atoms with Gasteiger partial charge in [-0.05, 0) is 37.3 Å². The van der Waals surface area contributed by atoms with Crippen molar-refractivity contribution in [2.75, 3.05) is 23.3 Å². The van der Waals surface area contributed by atoms with Crippen molar-refractivity contribution in [3.63, 3.8) is 0 Å². The van der Waals surface area contributed by atoms with Gasteiger partial charge in [0.1, 0.15) is 11.6 Å². The highest BCUT2D eigenvalue weighted by Gasteiger charge is 2.25. The van der Waals surface area contributed by atoms with E-state index in [1.54, 1.807) is 7.05 Å². The van der Waals surface area contributed by atoms with Gasteiger partial charge in [-0.15, -0.1) is 0 Å². The number of rotatable bonds is 3. The number of amides is 1. The Kier molecular flexibility index (Phi) is 3.92. The van der Waals surface area contributed by atoms with Gasteiger partial charge in [-0.25, -0.2) is 12.8 Å². The van der Waals surface area contributed by atoms with Crippen molar-refractivity contribution in [3.05, 3.63) is 47.8 Å². The average Bonchev–Trinajstić information content (AvgIpc) is 2.55.